The summed E-state index contributed by atoms with van der Waals surface area (Å²) >= 11 is 0. The van der Waals surface area contributed by atoms with E-state index in [-0.39, 0.29) is 12.6 Å². The fourth-order valence-corrected chi connectivity index (χ4v) is 17.3. The first-order valence-electron chi connectivity index (χ1n) is 10.1. The van der Waals surface area contributed by atoms with Gasteiger partial charge in [-0.2, -0.15) is 0 Å². The van der Waals surface area contributed by atoms with E-state index in [0.717, 1.165) is 12.5 Å². The highest BCUT2D eigenvalue weighted by molar-refractivity contribution is 6.87. The molecule has 8 heteroatoms. The van der Waals surface area contributed by atoms with E-state index < -0.39 is 25.2 Å². The second-order valence-corrected chi connectivity index (χ2v) is 21.3. The summed E-state index contributed by atoms with van der Waals surface area (Å²) in [5.74, 6) is -0.363. The van der Waals surface area contributed by atoms with E-state index >= 15 is 0 Å². The molecule has 0 aliphatic rings. The third kappa shape index (κ3) is 14.4. The van der Waals surface area contributed by atoms with Crippen molar-refractivity contribution in [2.75, 3.05) is 19.8 Å². The van der Waals surface area contributed by atoms with Gasteiger partial charge < -0.3 is 17.7 Å². The minimum atomic E-state index is -2.11. The summed E-state index contributed by atoms with van der Waals surface area (Å²) in [5.41, 5.74) is 0.412. The Kier molecular flexibility index (Phi) is 12.2. The van der Waals surface area contributed by atoms with Crippen molar-refractivity contribution in [1.82, 2.24) is 0 Å². The van der Waals surface area contributed by atoms with Crippen molar-refractivity contribution in [3.63, 3.8) is 0 Å². The zero-order chi connectivity index (χ0) is 21.1. The SMILES string of the molecule is C=C(C)C(=O)OCCOCCC[Si](C)(C)O[Si](C)(C)O[Si](C)(C)CCCC. The number of carbonyl (C=O) groups excluding carboxylic acids is 1. The first-order chi connectivity index (χ1) is 12.3. The Labute approximate surface area is 170 Å². The molecule has 27 heavy (non-hydrogen) atoms. The maximum absolute atomic E-state index is 11.3. The Morgan fingerprint density at radius 2 is 1.37 bits per heavy atom. The Bertz CT molecular complexity index is 464. The lowest BCUT2D eigenvalue weighted by atomic mass is 10.4. The minimum Gasteiger partial charge on any atom is -0.460 e. The predicted molar refractivity (Wildman–Crippen MR) is 120 cm³/mol. The summed E-state index contributed by atoms with van der Waals surface area (Å²) in [6.45, 7) is 22.3. The third-order valence-corrected chi connectivity index (χ3v) is 15.5. The van der Waals surface area contributed by atoms with E-state index in [4.69, 9.17) is 17.7 Å². The zero-order valence-electron chi connectivity index (χ0n) is 18.9. The van der Waals surface area contributed by atoms with Crippen molar-refractivity contribution < 1.29 is 22.5 Å². The topological polar surface area (TPSA) is 54.0 Å². The van der Waals surface area contributed by atoms with Gasteiger partial charge >= 0.3 is 14.5 Å². The fraction of sp³-hybridized carbons (Fsp3) is 0.842. The van der Waals surface area contributed by atoms with Crippen molar-refractivity contribution in [2.24, 2.45) is 0 Å². The third-order valence-electron chi connectivity index (χ3n) is 4.05. The molecule has 0 aromatic heterocycles. The number of carbonyl (C=O) groups is 1. The van der Waals surface area contributed by atoms with Gasteiger partial charge in [-0.25, -0.2) is 4.79 Å². The minimum absolute atomic E-state index is 0.272. The first-order valence-corrected chi connectivity index (χ1v) is 19.2. The number of hydrogen-bond acceptors (Lipinski definition) is 5. The van der Waals surface area contributed by atoms with Crippen LogP contribution in [0.3, 0.4) is 0 Å². The highest BCUT2D eigenvalue weighted by Gasteiger charge is 2.39. The van der Waals surface area contributed by atoms with Crippen molar-refractivity contribution >= 4 is 31.2 Å². The van der Waals surface area contributed by atoms with Gasteiger partial charge in [0, 0.05) is 12.2 Å². The molecule has 0 heterocycles. The molecule has 0 amide bonds. The van der Waals surface area contributed by atoms with Crippen LogP contribution in [0.15, 0.2) is 12.2 Å². The Morgan fingerprint density at radius 3 is 1.85 bits per heavy atom. The van der Waals surface area contributed by atoms with E-state index in [0.29, 0.717) is 18.8 Å². The second kappa shape index (κ2) is 12.3. The number of hydrogen-bond donors (Lipinski definition) is 0. The number of ether oxygens (including phenoxy) is 2. The predicted octanol–water partition coefficient (Wildman–Crippen LogP) is 5.46. The summed E-state index contributed by atoms with van der Waals surface area (Å²) in [7, 11) is -5.54. The van der Waals surface area contributed by atoms with Crippen LogP contribution in [0.1, 0.15) is 33.1 Å². The highest BCUT2D eigenvalue weighted by atomic mass is 28.5. The van der Waals surface area contributed by atoms with Crippen LogP contribution in [0.2, 0.25) is 51.4 Å². The van der Waals surface area contributed by atoms with Crippen LogP contribution in [-0.2, 0) is 22.5 Å². The molecule has 0 spiro atoms. The molecule has 0 unspecified atom stereocenters. The van der Waals surface area contributed by atoms with Gasteiger partial charge in [-0.05, 0) is 64.7 Å². The van der Waals surface area contributed by atoms with Gasteiger partial charge in [0.05, 0.1) is 6.61 Å². The van der Waals surface area contributed by atoms with E-state index in [2.05, 4.69) is 52.8 Å². The fourth-order valence-electron chi connectivity index (χ4n) is 3.07. The molecule has 0 atom stereocenters. The summed E-state index contributed by atoms with van der Waals surface area (Å²) < 4.78 is 23.7. The van der Waals surface area contributed by atoms with Crippen LogP contribution in [0.5, 0.6) is 0 Å². The molecule has 0 bridgehead atoms. The second-order valence-electron chi connectivity index (χ2n) is 8.86. The average Bonchev–Trinajstić information content (AvgIpc) is 2.49. The average molecular weight is 435 g/mol. The van der Waals surface area contributed by atoms with Gasteiger partial charge in [-0.3, -0.25) is 0 Å². The highest BCUT2D eigenvalue weighted by Crippen LogP contribution is 2.26. The van der Waals surface area contributed by atoms with Crippen LogP contribution in [-0.4, -0.2) is 51.0 Å². The summed E-state index contributed by atoms with van der Waals surface area (Å²) in [5, 5.41) is 0. The molecule has 0 N–H and O–H groups in total. The Morgan fingerprint density at radius 1 is 0.852 bits per heavy atom. The van der Waals surface area contributed by atoms with Gasteiger partial charge in [-0.1, -0.05) is 26.3 Å². The maximum atomic E-state index is 11.3. The van der Waals surface area contributed by atoms with Crippen LogP contribution in [0, 0.1) is 0 Å². The van der Waals surface area contributed by atoms with E-state index in [1.165, 1.54) is 18.9 Å². The summed E-state index contributed by atoms with van der Waals surface area (Å²) in [6, 6.07) is 2.24. The lowest BCUT2D eigenvalue weighted by molar-refractivity contribution is -0.140. The molecule has 0 aliphatic carbocycles. The van der Waals surface area contributed by atoms with Crippen LogP contribution >= 0.6 is 0 Å². The number of rotatable bonds is 15. The van der Waals surface area contributed by atoms with Crippen molar-refractivity contribution in [1.29, 1.82) is 0 Å². The molecule has 160 valence electrons. The van der Waals surface area contributed by atoms with Gasteiger partial charge in [0.15, 0.2) is 16.6 Å². The largest absolute Gasteiger partial charge is 0.460 e. The van der Waals surface area contributed by atoms with E-state index in [1.54, 1.807) is 6.92 Å². The molecule has 0 rings (SSSR count). The van der Waals surface area contributed by atoms with Gasteiger partial charge in [-0.15, -0.1) is 0 Å². The van der Waals surface area contributed by atoms with Crippen LogP contribution in [0.25, 0.3) is 0 Å². The molecule has 0 aliphatic heterocycles. The maximum Gasteiger partial charge on any atom is 0.333 e. The molecular weight excluding hydrogens is 392 g/mol. The summed E-state index contributed by atoms with van der Waals surface area (Å²) in [4.78, 5) is 11.3. The Balaban J connectivity index is 4.13. The first kappa shape index (κ1) is 26.7. The lowest BCUT2D eigenvalue weighted by Gasteiger charge is -2.38. The number of esters is 1. The van der Waals surface area contributed by atoms with Crippen LogP contribution in [0.4, 0.5) is 0 Å². The standard InChI is InChI=1S/C19H42O5Si3/c1-10-11-16-25(4,5)23-27(8,9)24-26(6,7)17-12-13-21-14-15-22-19(20)18(2)3/h2,10-17H2,1,3-9H3. The lowest BCUT2D eigenvalue weighted by Crippen LogP contribution is -2.52. The quantitative estimate of drug-likeness (QED) is 0.148. The molecular formula is C19H42O5Si3. The van der Waals surface area contributed by atoms with Crippen molar-refractivity contribution in [3.8, 4) is 0 Å². The molecule has 0 saturated heterocycles. The van der Waals surface area contributed by atoms with Gasteiger partial charge in [0.1, 0.15) is 6.61 Å². The van der Waals surface area contributed by atoms with Crippen molar-refractivity contribution in [2.45, 2.75) is 84.5 Å². The smallest absolute Gasteiger partial charge is 0.333 e. The monoisotopic (exact) mass is 434 g/mol. The van der Waals surface area contributed by atoms with Crippen molar-refractivity contribution in [3.05, 3.63) is 12.2 Å². The number of unbranched alkanes of at least 4 members (excludes halogenated alkanes) is 1. The normalized spacial score (nSPS) is 12.9. The van der Waals surface area contributed by atoms with Gasteiger partial charge in [0.25, 0.3) is 0 Å². The molecule has 0 radical (unpaired) electrons. The van der Waals surface area contributed by atoms with Gasteiger partial charge in [0.2, 0.25) is 0 Å². The molecule has 0 fully saturated rings. The zero-order valence-corrected chi connectivity index (χ0v) is 21.9. The van der Waals surface area contributed by atoms with Crippen LogP contribution < -0.4 is 0 Å². The molecule has 0 aromatic rings. The molecule has 0 aromatic carbocycles. The Hall–Kier alpha value is -0.259. The van der Waals surface area contributed by atoms with E-state index in [1.807, 2.05) is 0 Å². The molecule has 0 saturated carbocycles. The van der Waals surface area contributed by atoms with E-state index in [9.17, 15) is 4.79 Å². The molecule has 5 nitrogen and oxygen atoms in total. The summed E-state index contributed by atoms with van der Waals surface area (Å²) in [6.07, 6.45) is 3.41.